The lowest BCUT2D eigenvalue weighted by Crippen LogP contribution is -2.56. The van der Waals surface area contributed by atoms with E-state index in [1.165, 1.54) is 25.8 Å². The highest BCUT2D eigenvalue weighted by molar-refractivity contribution is 4.96. The summed E-state index contributed by atoms with van der Waals surface area (Å²) in [6.07, 6.45) is 4.35. The van der Waals surface area contributed by atoms with E-state index < -0.39 is 0 Å². The van der Waals surface area contributed by atoms with Gasteiger partial charge in [-0.1, -0.05) is 6.42 Å². The SMILES string of the molecule is C[C@@H](N)CN1CC2CCCC21. The minimum absolute atomic E-state index is 0.358. The summed E-state index contributed by atoms with van der Waals surface area (Å²) in [6.45, 7) is 4.54. The Kier molecular flexibility index (Phi) is 1.90. The second-order valence-corrected chi connectivity index (χ2v) is 4.19. The third kappa shape index (κ3) is 1.30. The zero-order valence-corrected chi connectivity index (χ0v) is 7.29. The lowest BCUT2D eigenvalue weighted by Gasteiger charge is -2.45. The quantitative estimate of drug-likeness (QED) is 0.638. The summed E-state index contributed by atoms with van der Waals surface area (Å²) in [5.74, 6) is 1.04. The van der Waals surface area contributed by atoms with Gasteiger partial charge in [-0.15, -0.1) is 0 Å². The first-order valence-electron chi connectivity index (χ1n) is 4.77. The van der Waals surface area contributed by atoms with Gasteiger partial charge >= 0.3 is 0 Å². The van der Waals surface area contributed by atoms with Crippen molar-refractivity contribution in [3.05, 3.63) is 0 Å². The highest BCUT2D eigenvalue weighted by Gasteiger charge is 2.41. The van der Waals surface area contributed by atoms with Crippen molar-refractivity contribution in [3.8, 4) is 0 Å². The predicted octanol–water partition coefficient (Wildman–Crippen LogP) is 0.818. The number of likely N-dealkylation sites (tertiary alicyclic amines) is 1. The van der Waals surface area contributed by atoms with Crippen LogP contribution in [0.2, 0.25) is 0 Å². The van der Waals surface area contributed by atoms with Crippen molar-refractivity contribution in [2.45, 2.75) is 38.3 Å². The molecule has 1 saturated carbocycles. The van der Waals surface area contributed by atoms with Crippen LogP contribution in [-0.2, 0) is 0 Å². The summed E-state index contributed by atoms with van der Waals surface area (Å²) in [7, 11) is 0. The molecule has 1 saturated heterocycles. The Labute approximate surface area is 68.7 Å². The van der Waals surface area contributed by atoms with Crippen molar-refractivity contribution in [1.82, 2.24) is 4.90 Å². The molecule has 1 aliphatic carbocycles. The van der Waals surface area contributed by atoms with Crippen LogP contribution in [0.1, 0.15) is 26.2 Å². The van der Waals surface area contributed by atoms with E-state index in [9.17, 15) is 0 Å². The fourth-order valence-corrected chi connectivity index (χ4v) is 2.59. The van der Waals surface area contributed by atoms with Crippen molar-refractivity contribution < 1.29 is 0 Å². The van der Waals surface area contributed by atoms with Crippen molar-refractivity contribution in [1.29, 1.82) is 0 Å². The Hall–Kier alpha value is -0.0800. The maximum Gasteiger partial charge on any atom is 0.0139 e. The second kappa shape index (κ2) is 2.76. The normalized spacial score (nSPS) is 39.8. The minimum Gasteiger partial charge on any atom is -0.327 e. The molecule has 2 N–H and O–H groups in total. The Morgan fingerprint density at radius 1 is 1.55 bits per heavy atom. The Balaban J connectivity index is 1.81. The Bertz CT molecular complexity index is 144. The van der Waals surface area contributed by atoms with Gasteiger partial charge in [0.05, 0.1) is 0 Å². The third-order valence-corrected chi connectivity index (χ3v) is 3.08. The summed E-state index contributed by atoms with van der Waals surface area (Å²) in [5, 5.41) is 0. The van der Waals surface area contributed by atoms with E-state index in [4.69, 9.17) is 5.73 Å². The van der Waals surface area contributed by atoms with Crippen LogP contribution in [-0.4, -0.2) is 30.1 Å². The van der Waals surface area contributed by atoms with Gasteiger partial charge in [-0.2, -0.15) is 0 Å². The van der Waals surface area contributed by atoms with Crippen molar-refractivity contribution in [2.24, 2.45) is 11.7 Å². The van der Waals surface area contributed by atoms with Gasteiger partial charge in [-0.25, -0.2) is 0 Å². The molecule has 0 spiro atoms. The summed E-state index contributed by atoms with van der Waals surface area (Å²) in [4.78, 5) is 2.56. The smallest absolute Gasteiger partial charge is 0.0139 e. The van der Waals surface area contributed by atoms with E-state index >= 15 is 0 Å². The molecule has 2 rings (SSSR count). The van der Waals surface area contributed by atoms with E-state index in [0.29, 0.717) is 6.04 Å². The van der Waals surface area contributed by atoms with Gasteiger partial charge in [-0.3, -0.25) is 4.90 Å². The summed E-state index contributed by atoms with van der Waals surface area (Å²) >= 11 is 0. The van der Waals surface area contributed by atoms with Crippen molar-refractivity contribution >= 4 is 0 Å². The van der Waals surface area contributed by atoms with Gasteiger partial charge in [0, 0.05) is 25.2 Å². The lowest BCUT2D eigenvalue weighted by molar-refractivity contribution is 0.0345. The molecule has 3 atom stereocenters. The molecule has 1 aliphatic heterocycles. The van der Waals surface area contributed by atoms with Gasteiger partial charge < -0.3 is 5.73 Å². The van der Waals surface area contributed by atoms with E-state index in [1.54, 1.807) is 0 Å². The monoisotopic (exact) mass is 154 g/mol. The summed E-state index contributed by atoms with van der Waals surface area (Å²) in [5.41, 5.74) is 5.74. The molecule has 0 aromatic heterocycles. The highest BCUT2D eigenvalue weighted by atomic mass is 15.2. The topological polar surface area (TPSA) is 29.3 Å². The first-order chi connectivity index (χ1) is 5.27. The van der Waals surface area contributed by atoms with Crippen molar-refractivity contribution in [3.63, 3.8) is 0 Å². The molecule has 2 heteroatoms. The average Bonchev–Trinajstić information content (AvgIpc) is 2.26. The van der Waals surface area contributed by atoms with E-state index in [1.807, 2.05) is 0 Å². The minimum atomic E-state index is 0.358. The molecular weight excluding hydrogens is 136 g/mol. The Morgan fingerprint density at radius 3 is 3.00 bits per heavy atom. The van der Waals surface area contributed by atoms with E-state index in [2.05, 4.69) is 11.8 Å². The van der Waals surface area contributed by atoms with Gasteiger partial charge in [0.15, 0.2) is 0 Å². The Morgan fingerprint density at radius 2 is 2.36 bits per heavy atom. The summed E-state index contributed by atoms with van der Waals surface area (Å²) < 4.78 is 0. The summed E-state index contributed by atoms with van der Waals surface area (Å²) in [6, 6.07) is 1.28. The maximum atomic E-state index is 5.74. The standard InChI is InChI=1S/C9H18N2/c1-7(10)5-11-6-8-3-2-4-9(8)11/h7-9H,2-6,10H2,1H3/t7-,8?,9?/m1/s1. The van der Waals surface area contributed by atoms with Gasteiger partial charge in [0.2, 0.25) is 0 Å². The first kappa shape index (κ1) is 7.56. The molecule has 1 heterocycles. The number of hydrogen-bond donors (Lipinski definition) is 1. The molecule has 0 aromatic rings. The molecule has 2 unspecified atom stereocenters. The molecule has 0 aromatic carbocycles. The molecule has 11 heavy (non-hydrogen) atoms. The van der Waals surface area contributed by atoms with Crippen LogP contribution in [0.25, 0.3) is 0 Å². The van der Waals surface area contributed by atoms with Crippen LogP contribution in [0.5, 0.6) is 0 Å². The number of nitrogens with two attached hydrogens (primary N) is 1. The zero-order chi connectivity index (χ0) is 7.84. The highest BCUT2D eigenvalue weighted by Crippen LogP contribution is 2.38. The van der Waals surface area contributed by atoms with Crippen LogP contribution in [0.15, 0.2) is 0 Å². The second-order valence-electron chi connectivity index (χ2n) is 4.19. The predicted molar refractivity (Wildman–Crippen MR) is 46.4 cm³/mol. The largest absolute Gasteiger partial charge is 0.327 e. The molecule has 0 radical (unpaired) electrons. The van der Waals surface area contributed by atoms with Gasteiger partial charge in [-0.05, 0) is 25.7 Å². The van der Waals surface area contributed by atoms with E-state index in [-0.39, 0.29) is 0 Å². The number of rotatable bonds is 2. The zero-order valence-electron chi connectivity index (χ0n) is 7.29. The van der Waals surface area contributed by atoms with Gasteiger partial charge in [0.1, 0.15) is 0 Å². The van der Waals surface area contributed by atoms with Gasteiger partial charge in [0.25, 0.3) is 0 Å². The van der Waals surface area contributed by atoms with E-state index in [0.717, 1.165) is 18.5 Å². The molecular formula is C9H18N2. The number of hydrogen-bond acceptors (Lipinski definition) is 2. The van der Waals surface area contributed by atoms with Crippen LogP contribution in [0.4, 0.5) is 0 Å². The molecule has 0 amide bonds. The molecule has 64 valence electrons. The first-order valence-corrected chi connectivity index (χ1v) is 4.77. The lowest BCUT2D eigenvalue weighted by atomic mass is 9.91. The average molecular weight is 154 g/mol. The van der Waals surface area contributed by atoms with Crippen LogP contribution >= 0.6 is 0 Å². The van der Waals surface area contributed by atoms with Crippen molar-refractivity contribution in [2.75, 3.05) is 13.1 Å². The maximum absolute atomic E-state index is 5.74. The fraction of sp³-hybridized carbons (Fsp3) is 1.00. The molecule has 2 fully saturated rings. The van der Waals surface area contributed by atoms with Crippen LogP contribution in [0, 0.1) is 5.92 Å². The molecule has 0 bridgehead atoms. The third-order valence-electron chi connectivity index (χ3n) is 3.08. The molecule has 2 aliphatic rings. The number of fused-ring (bicyclic) bond motifs is 1. The van der Waals surface area contributed by atoms with Crippen LogP contribution in [0.3, 0.4) is 0 Å². The van der Waals surface area contributed by atoms with Crippen LogP contribution < -0.4 is 5.73 Å². The number of nitrogens with zero attached hydrogens (tertiary/aromatic N) is 1. The fourth-order valence-electron chi connectivity index (χ4n) is 2.59. The molecule has 2 nitrogen and oxygen atoms in total.